The Bertz CT molecular complexity index is 610. The molecule has 4 nitrogen and oxygen atoms in total. The second-order valence-corrected chi connectivity index (χ2v) is 5.90. The van der Waals surface area contributed by atoms with E-state index in [9.17, 15) is 10.2 Å². The molecular formula is C18H25NO3. The fourth-order valence-corrected chi connectivity index (χ4v) is 2.40. The molecule has 0 heterocycles. The van der Waals surface area contributed by atoms with Crippen molar-refractivity contribution < 1.29 is 14.9 Å². The van der Waals surface area contributed by atoms with Gasteiger partial charge in [-0.1, -0.05) is 44.2 Å². The number of hydrogen-bond donors (Lipinski definition) is 3. The van der Waals surface area contributed by atoms with Gasteiger partial charge in [0.25, 0.3) is 0 Å². The van der Waals surface area contributed by atoms with Crippen LogP contribution < -0.4 is 10.1 Å². The minimum atomic E-state index is -0.558. The summed E-state index contributed by atoms with van der Waals surface area (Å²) in [6, 6.07) is 11.9. The number of benzene rings is 2. The van der Waals surface area contributed by atoms with Gasteiger partial charge < -0.3 is 20.3 Å². The maximum absolute atomic E-state index is 9.95. The number of ether oxygens (including phenoxy) is 1. The maximum atomic E-state index is 9.95. The van der Waals surface area contributed by atoms with Crippen LogP contribution in [0.5, 0.6) is 5.75 Å². The molecule has 120 valence electrons. The van der Waals surface area contributed by atoms with Crippen molar-refractivity contribution >= 4 is 10.8 Å². The second kappa shape index (κ2) is 7.58. The average Bonchev–Trinajstić information content (AvgIpc) is 2.50. The molecule has 4 heteroatoms. The molecule has 0 radical (unpaired) electrons. The molecule has 0 spiro atoms. The molecule has 2 rings (SSSR count). The van der Waals surface area contributed by atoms with E-state index in [0.717, 1.165) is 22.1 Å². The van der Waals surface area contributed by atoms with Crippen molar-refractivity contribution in [3.63, 3.8) is 0 Å². The summed E-state index contributed by atoms with van der Waals surface area (Å²) in [5, 5.41) is 24.9. The Morgan fingerprint density at radius 3 is 2.32 bits per heavy atom. The molecule has 0 aliphatic heterocycles. The van der Waals surface area contributed by atoms with Crippen LogP contribution in [0.3, 0.4) is 0 Å². The van der Waals surface area contributed by atoms with Crippen LogP contribution in [0.1, 0.15) is 32.4 Å². The van der Waals surface area contributed by atoms with E-state index in [2.05, 4.69) is 5.32 Å². The molecule has 0 unspecified atom stereocenters. The fourth-order valence-electron chi connectivity index (χ4n) is 2.40. The molecule has 0 aromatic heterocycles. The molecule has 0 amide bonds. The summed E-state index contributed by atoms with van der Waals surface area (Å²) in [6.07, 6.45) is -1.09. The summed E-state index contributed by atoms with van der Waals surface area (Å²) in [4.78, 5) is 0. The van der Waals surface area contributed by atoms with Crippen LogP contribution in [-0.4, -0.2) is 35.5 Å². The van der Waals surface area contributed by atoms with Crippen LogP contribution in [0.25, 0.3) is 10.8 Å². The van der Waals surface area contributed by atoms with Crippen LogP contribution in [0.2, 0.25) is 0 Å². The van der Waals surface area contributed by atoms with E-state index >= 15 is 0 Å². The van der Waals surface area contributed by atoms with Gasteiger partial charge in [-0.05, 0) is 23.9 Å². The molecule has 2 atom stereocenters. The largest absolute Gasteiger partial charge is 0.490 e. The summed E-state index contributed by atoms with van der Waals surface area (Å²) >= 11 is 0. The zero-order valence-electron chi connectivity index (χ0n) is 13.4. The van der Waals surface area contributed by atoms with Gasteiger partial charge in [-0.3, -0.25) is 0 Å². The Morgan fingerprint density at radius 1 is 1.00 bits per heavy atom. The lowest BCUT2D eigenvalue weighted by atomic mass is 10.0. The van der Waals surface area contributed by atoms with Crippen molar-refractivity contribution in [1.82, 2.24) is 5.32 Å². The topological polar surface area (TPSA) is 61.7 Å². The minimum absolute atomic E-state index is 0.234. The van der Waals surface area contributed by atoms with Crippen molar-refractivity contribution in [3.8, 4) is 5.75 Å². The lowest BCUT2D eigenvalue weighted by molar-refractivity contribution is 0.105. The third-order valence-corrected chi connectivity index (χ3v) is 3.56. The van der Waals surface area contributed by atoms with Crippen molar-refractivity contribution in [2.45, 2.75) is 39.0 Å². The van der Waals surface area contributed by atoms with Gasteiger partial charge in [0.2, 0.25) is 0 Å². The number of aliphatic hydroxyl groups excluding tert-OH is 2. The van der Waals surface area contributed by atoms with E-state index in [1.807, 2.05) is 50.2 Å². The fraction of sp³-hybridized carbons (Fsp3) is 0.444. The number of aliphatic hydroxyl groups is 2. The van der Waals surface area contributed by atoms with Gasteiger partial charge in [-0.15, -0.1) is 0 Å². The third kappa shape index (κ3) is 4.19. The Labute approximate surface area is 131 Å². The number of nitrogens with one attached hydrogen (secondary N) is 1. The Hall–Kier alpha value is -1.62. The standard InChI is InChI=1S/C18H25NO3/c1-12(2)19-10-14(21)11-22-18-9-8-15(13(3)20)16-6-4-5-7-17(16)18/h4-9,12-14,19-21H,10-11H2,1-3H3/t13-,14+/m0/s1. The number of hydrogen-bond acceptors (Lipinski definition) is 4. The summed E-state index contributed by atoms with van der Waals surface area (Å²) in [5.41, 5.74) is 0.880. The van der Waals surface area contributed by atoms with E-state index in [-0.39, 0.29) is 6.61 Å². The van der Waals surface area contributed by atoms with Crippen LogP contribution >= 0.6 is 0 Å². The van der Waals surface area contributed by atoms with E-state index in [0.29, 0.717) is 12.6 Å². The van der Waals surface area contributed by atoms with Gasteiger partial charge in [-0.2, -0.15) is 0 Å². The first-order chi connectivity index (χ1) is 10.5. The summed E-state index contributed by atoms with van der Waals surface area (Å²) in [6.45, 7) is 6.56. The first kappa shape index (κ1) is 16.7. The highest BCUT2D eigenvalue weighted by Gasteiger charge is 2.12. The maximum Gasteiger partial charge on any atom is 0.127 e. The van der Waals surface area contributed by atoms with Gasteiger partial charge >= 0.3 is 0 Å². The summed E-state index contributed by atoms with van der Waals surface area (Å²) in [5.74, 6) is 0.726. The van der Waals surface area contributed by atoms with Gasteiger partial charge in [0.15, 0.2) is 0 Å². The molecule has 0 aliphatic carbocycles. The van der Waals surface area contributed by atoms with Crippen molar-refractivity contribution in [3.05, 3.63) is 42.0 Å². The van der Waals surface area contributed by atoms with Crippen LogP contribution in [0.15, 0.2) is 36.4 Å². The molecule has 2 aromatic carbocycles. The van der Waals surface area contributed by atoms with Crippen LogP contribution in [-0.2, 0) is 0 Å². The Morgan fingerprint density at radius 2 is 1.68 bits per heavy atom. The van der Waals surface area contributed by atoms with Gasteiger partial charge in [-0.25, -0.2) is 0 Å². The number of rotatable bonds is 7. The molecule has 2 aromatic rings. The average molecular weight is 303 g/mol. The molecule has 0 saturated heterocycles. The Kier molecular flexibility index (Phi) is 5.77. The summed E-state index contributed by atoms with van der Waals surface area (Å²) < 4.78 is 5.78. The SMILES string of the molecule is CC(C)NC[C@@H](O)COc1ccc([C@H](C)O)c2ccccc12. The predicted molar refractivity (Wildman–Crippen MR) is 89.2 cm³/mol. The quantitative estimate of drug-likeness (QED) is 0.736. The first-order valence-corrected chi connectivity index (χ1v) is 7.73. The molecule has 0 saturated carbocycles. The van der Waals surface area contributed by atoms with E-state index in [4.69, 9.17) is 4.74 Å². The van der Waals surface area contributed by atoms with Crippen molar-refractivity contribution in [2.75, 3.05) is 13.2 Å². The van der Waals surface area contributed by atoms with E-state index < -0.39 is 12.2 Å². The lowest BCUT2D eigenvalue weighted by Gasteiger charge is -2.17. The molecular weight excluding hydrogens is 278 g/mol. The predicted octanol–water partition coefficient (Wildman–Crippen LogP) is 2.63. The summed E-state index contributed by atoms with van der Waals surface area (Å²) in [7, 11) is 0. The van der Waals surface area contributed by atoms with Crippen molar-refractivity contribution in [1.29, 1.82) is 0 Å². The lowest BCUT2D eigenvalue weighted by Crippen LogP contribution is -2.35. The zero-order chi connectivity index (χ0) is 16.1. The van der Waals surface area contributed by atoms with Gasteiger partial charge in [0.1, 0.15) is 18.5 Å². The number of fused-ring (bicyclic) bond motifs is 1. The molecule has 3 N–H and O–H groups in total. The monoisotopic (exact) mass is 303 g/mol. The van der Waals surface area contributed by atoms with Crippen LogP contribution in [0, 0.1) is 0 Å². The van der Waals surface area contributed by atoms with E-state index in [1.54, 1.807) is 6.92 Å². The van der Waals surface area contributed by atoms with E-state index in [1.165, 1.54) is 0 Å². The minimum Gasteiger partial charge on any atom is -0.490 e. The Balaban J connectivity index is 2.14. The van der Waals surface area contributed by atoms with Crippen molar-refractivity contribution in [2.24, 2.45) is 0 Å². The highest BCUT2D eigenvalue weighted by molar-refractivity contribution is 5.91. The zero-order valence-corrected chi connectivity index (χ0v) is 13.4. The molecule has 0 aliphatic rings. The van der Waals surface area contributed by atoms with Gasteiger partial charge in [0, 0.05) is 18.0 Å². The third-order valence-electron chi connectivity index (χ3n) is 3.56. The first-order valence-electron chi connectivity index (χ1n) is 7.73. The molecule has 22 heavy (non-hydrogen) atoms. The normalized spacial score (nSPS) is 14.3. The molecule has 0 bridgehead atoms. The highest BCUT2D eigenvalue weighted by atomic mass is 16.5. The second-order valence-electron chi connectivity index (χ2n) is 5.90. The molecule has 0 fully saturated rings. The smallest absolute Gasteiger partial charge is 0.127 e. The highest BCUT2D eigenvalue weighted by Crippen LogP contribution is 2.31. The van der Waals surface area contributed by atoms with Gasteiger partial charge in [0.05, 0.1) is 6.10 Å². The van der Waals surface area contributed by atoms with Crippen LogP contribution in [0.4, 0.5) is 0 Å².